The van der Waals surface area contributed by atoms with Crippen molar-refractivity contribution in [1.82, 2.24) is 9.88 Å². The van der Waals surface area contributed by atoms with Crippen molar-refractivity contribution in [2.45, 2.75) is 0 Å². The van der Waals surface area contributed by atoms with Gasteiger partial charge in [0.15, 0.2) is 5.13 Å². The molecule has 2 aromatic carbocycles. The standard InChI is InChI=1S/C18H17ClN4O3S.ClH/c1-21(2)9-10-22(18-20-14-5-3-4-6-16(14)27-18)17(24)13-11-12(19)7-8-15(13)23(25)26;/h3-8,11H,9-10H2,1-2H3;1H. The van der Waals surface area contributed by atoms with Crippen molar-refractivity contribution in [2.24, 2.45) is 0 Å². The number of benzene rings is 2. The Balaban J connectivity index is 0.00000280. The molecular weight excluding hydrogens is 423 g/mol. The zero-order chi connectivity index (χ0) is 19.6. The van der Waals surface area contributed by atoms with E-state index < -0.39 is 10.8 Å². The van der Waals surface area contributed by atoms with Gasteiger partial charge in [-0.3, -0.25) is 19.8 Å². The van der Waals surface area contributed by atoms with Gasteiger partial charge in [-0.2, -0.15) is 0 Å². The maximum Gasteiger partial charge on any atom is 0.282 e. The average Bonchev–Trinajstić information content (AvgIpc) is 3.04. The monoisotopic (exact) mass is 440 g/mol. The van der Waals surface area contributed by atoms with E-state index in [0.29, 0.717) is 18.2 Å². The minimum absolute atomic E-state index is 0. The quantitative estimate of drug-likeness (QED) is 0.416. The number of rotatable bonds is 6. The molecule has 0 aliphatic rings. The Hall–Kier alpha value is -2.26. The zero-order valence-electron chi connectivity index (χ0n) is 15.2. The fraction of sp³-hybridized carbons (Fsp3) is 0.222. The van der Waals surface area contributed by atoms with E-state index in [2.05, 4.69) is 4.98 Å². The number of hydrogen-bond donors (Lipinski definition) is 0. The molecule has 3 rings (SSSR count). The van der Waals surface area contributed by atoms with Crippen molar-refractivity contribution in [3.8, 4) is 0 Å². The summed E-state index contributed by atoms with van der Waals surface area (Å²) in [5.41, 5.74) is 0.451. The van der Waals surface area contributed by atoms with Crippen LogP contribution in [-0.4, -0.2) is 47.9 Å². The predicted molar refractivity (Wildman–Crippen MR) is 115 cm³/mol. The number of nitro benzene ring substituents is 1. The molecule has 1 aromatic heterocycles. The van der Waals surface area contributed by atoms with Gasteiger partial charge in [0, 0.05) is 24.2 Å². The lowest BCUT2D eigenvalue weighted by Crippen LogP contribution is -2.37. The van der Waals surface area contributed by atoms with Gasteiger partial charge in [-0.15, -0.1) is 12.4 Å². The van der Waals surface area contributed by atoms with E-state index in [4.69, 9.17) is 11.6 Å². The molecule has 0 saturated carbocycles. The van der Waals surface area contributed by atoms with E-state index in [9.17, 15) is 14.9 Å². The number of nitro groups is 1. The maximum absolute atomic E-state index is 13.2. The van der Waals surface area contributed by atoms with E-state index in [0.717, 1.165) is 10.2 Å². The summed E-state index contributed by atoms with van der Waals surface area (Å²) in [7, 11) is 3.78. The SMILES string of the molecule is CN(C)CCN(C(=O)c1cc(Cl)ccc1[N+](=O)[O-])c1nc2ccccc2s1.Cl. The molecule has 0 radical (unpaired) electrons. The van der Waals surface area contributed by atoms with Crippen LogP contribution in [0.25, 0.3) is 10.2 Å². The molecule has 1 heterocycles. The third kappa shape index (κ3) is 4.77. The maximum atomic E-state index is 13.2. The molecule has 28 heavy (non-hydrogen) atoms. The molecule has 0 aliphatic heterocycles. The number of thiazole rings is 1. The number of anilines is 1. The minimum atomic E-state index is -0.577. The van der Waals surface area contributed by atoms with E-state index >= 15 is 0 Å². The summed E-state index contributed by atoms with van der Waals surface area (Å²) in [6, 6.07) is 11.5. The highest BCUT2D eigenvalue weighted by Gasteiger charge is 2.28. The van der Waals surface area contributed by atoms with E-state index in [1.807, 2.05) is 43.3 Å². The molecule has 0 saturated heterocycles. The van der Waals surface area contributed by atoms with Crippen LogP contribution in [0.3, 0.4) is 0 Å². The normalized spacial score (nSPS) is 10.7. The van der Waals surface area contributed by atoms with Crippen molar-refractivity contribution in [3.05, 3.63) is 63.2 Å². The first kappa shape index (κ1) is 22.0. The van der Waals surface area contributed by atoms with Crippen LogP contribution in [0.15, 0.2) is 42.5 Å². The Morgan fingerprint density at radius 2 is 1.93 bits per heavy atom. The first-order valence-electron chi connectivity index (χ1n) is 8.13. The van der Waals surface area contributed by atoms with Gasteiger partial charge in [0.05, 0.1) is 15.1 Å². The van der Waals surface area contributed by atoms with Gasteiger partial charge < -0.3 is 4.90 Å². The fourth-order valence-electron chi connectivity index (χ4n) is 2.54. The number of hydrogen-bond acceptors (Lipinski definition) is 6. The summed E-state index contributed by atoms with van der Waals surface area (Å²) >= 11 is 7.36. The third-order valence-corrected chi connectivity index (χ3v) is 5.21. The number of carbonyl (C=O) groups is 1. The van der Waals surface area contributed by atoms with Gasteiger partial charge in [0.25, 0.3) is 11.6 Å². The number of amides is 1. The number of para-hydroxylation sites is 1. The lowest BCUT2D eigenvalue weighted by molar-refractivity contribution is -0.385. The molecule has 0 bridgehead atoms. The van der Waals surface area contributed by atoms with Crippen molar-refractivity contribution in [3.63, 3.8) is 0 Å². The molecule has 10 heteroatoms. The summed E-state index contributed by atoms with van der Waals surface area (Å²) in [5.74, 6) is -0.495. The summed E-state index contributed by atoms with van der Waals surface area (Å²) < 4.78 is 0.941. The van der Waals surface area contributed by atoms with Crippen LogP contribution in [0.5, 0.6) is 0 Å². The molecule has 0 spiro atoms. The van der Waals surface area contributed by atoms with Gasteiger partial charge in [0.2, 0.25) is 0 Å². The van der Waals surface area contributed by atoms with Gasteiger partial charge in [-0.1, -0.05) is 35.1 Å². The average molecular weight is 441 g/mol. The van der Waals surface area contributed by atoms with Crippen LogP contribution in [0.4, 0.5) is 10.8 Å². The summed E-state index contributed by atoms with van der Waals surface area (Å²) in [4.78, 5) is 32.0. The largest absolute Gasteiger partial charge is 0.308 e. The Bertz CT molecular complexity index is 976. The molecule has 7 nitrogen and oxygen atoms in total. The highest BCUT2D eigenvalue weighted by molar-refractivity contribution is 7.22. The fourth-order valence-corrected chi connectivity index (χ4v) is 3.71. The number of halogens is 2. The second-order valence-corrected chi connectivity index (χ2v) is 7.59. The highest BCUT2D eigenvalue weighted by Crippen LogP contribution is 2.31. The van der Waals surface area contributed by atoms with Crippen LogP contribution >= 0.6 is 35.3 Å². The molecule has 148 valence electrons. The van der Waals surface area contributed by atoms with E-state index in [1.165, 1.54) is 34.4 Å². The first-order valence-corrected chi connectivity index (χ1v) is 9.32. The van der Waals surface area contributed by atoms with E-state index in [1.54, 1.807) is 0 Å². The molecule has 0 N–H and O–H groups in total. The molecule has 0 aliphatic carbocycles. The molecule has 1 amide bonds. The van der Waals surface area contributed by atoms with Crippen molar-refractivity contribution in [2.75, 3.05) is 32.1 Å². The zero-order valence-corrected chi connectivity index (χ0v) is 17.6. The molecule has 0 unspecified atom stereocenters. The number of fused-ring (bicyclic) bond motifs is 1. The number of nitrogens with zero attached hydrogens (tertiary/aromatic N) is 4. The Morgan fingerprint density at radius 3 is 2.57 bits per heavy atom. The van der Waals surface area contributed by atoms with Crippen molar-refractivity contribution in [1.29, 1.82) is 0 Å². The molecule has 0 atom stereocenters. The molecule has 0 fully saturated rings. The second-order valence-electron chi connectivity index (χ2n) is 6.14. The summed E-state index contributed by atoms with van der Waals surface area (Å²) in [6.07, 6.45) is 0. The van der Waals surface area contributed by atoms with Crippen LogP contribution in [0.2, 0.25) is 5.02 Å². The molecule has 3 aromatic rings. The van der Waals surface area contributed by atoms with E-state index in [-0.39, 0.29) is 28.7 Å². The third-order valence-electron chi connectivity index (χ3n) is 3.92. The first-order chi connectivity index (χ1) is 12.9. The van der Waals surface area contributed by atoms with Crippen LogP contribution in [0, 0.1) is 10.1 Å². The number of aromatic nitrogens is 1. The van der Waals surface area contributed by atoms with Gasteiger partial charge in [-0.25, -0.2) is 4.98 Å². The Kier molecular flexibility index (Phi) is 7.31. The predicted octanol–water partition coefficient (Wildman–Crippen LogP) is 4.49. The van der Waals surface area contributed by atoms with Crippen LogP contribution in [-0.2, 0) is 0 Å². The topological polar surface area (TPSA) is 79.6 Å². The van der Waals surface area contributed by atoms with Gasteiger partial charge in [-0.05, 0) is 38.4 Å². The highest BCUT2D eigenvalue weighted by atomic mass is 35.5. The van der Waals surface area contributed by atoms with Crippen LogP contribution in [0.1, 0.15) is 10.4 Å². The van der Waals surface area contributed by atoms with Crippen LogP contribution < -0.4 is 4.90 Å². The smallest absolute Gasteiger partial charge is 0.282 e. The number of likely N-dealkylation sites (N-methyl/N-ethyl adjacent to an activating group) is 1. The number of carbonyl (C=O) groups excluding carboxylic acids is 1. The lowest BCUT2D eigenvalue weighted by atomic mass is 10.1. The Morgan fingerprint density at radius 1 is 1.21 bits per heavy atom. The van der Waals surface area contributed by atoms with Crippen molar-refractivity contribution >= 4 is 62.3 Å². The Labute approximate surface area is 177 Å². The lowest BCUT2D eigenvalue weighted by Gasteiger charge is -2.22. The minimum Gasteiger partial charge on any atom is -0.308 e. The van der Waals surface area contributed by atoms with Gasteiger partial charge >= 0.3 is 0 Å². The van der Waals surface area contributed by atoms with Crippen molar-refractivity contribution < 1.29 is 9.72 Å². The summed E-state index contributed by atoms with van der Waals surface area (Å²) in [6.45, 7) is 0.922. The molecular formula is C18H18Cl2N4O3S. The summed E-state index contributed by atoms with van der Waals surface area (Å²) in [5, 5.41) is 12.1. The van der Waals surface area contributed by atoms with Gasteiger partial charge in [0.1, 0.15) is 5.56 Å². The second kappa shape index (κ2) is 9.29.